The molecule has 0 radical (unpaired) electrons. The van der Waals surface area contributed by atoms with Gasteiger partial charge >= 0.3 is 5.97 Å². The van der Waals surface area contributed by atoms with E-state index < -0.39 is 48.7 Å². The molecule has 0 aromatic rings. The van der Waals surface area contributed by atoms with Crippen molar-refractivity contribution < 1.29 is 39.8 Å². The Hall–Kier alpha value is -1.29. The Morgan fingerprint density at radius 3 is 0.959 bits per heavy atom. The van der Waals surface area contributed by atoms with E-state index >= 15 is 0 Å². The second kappa shape index (κ2) is 55.0. The van der Waals surface area contributed by atoms with Crippen molar-refractivity contribution in [3.8, 4) is 0 Å². The minimum absolute atomic E-state index is 0.377. The minimum atomic E-state index is -1.68. The fourth-order valence-corrected chi connectivity index (χ4v) is 10.9. The Labute approximate surface area is 458 Å². The number of esters is 1. The summed E-state index contributed by atoms with van der Waals surface area (Å²) < 4.78 is 10.6. The van der Waals surface area contributed by atoms with Gasteiger partial charge in [-0.15, -0.1) is 0 Å². The highest BCUT2D eigenvalue weighted by Gasteiger charge is 2.44. The van der Waals surface area contributed by atoms with Crippen molar-refractivity contribution in [3.05, 3.63) is 24.3 Å². The topological polar surface area (TPSA) is 137 Å². The van der Waals surface area contributed by atoms with E-state index in [-0.39, 0.29) is 6.61 Å². The molecular formula is C66H126O8. The Bertz CT molecular complexity index is 1210. The third kappa shape index (κ3) is 43.7. The van der Waals surface area contributed by atoms with E-state index in [1.54, 1.807) is 0 Å². The van der Waals surface area contributed by atoms with Crippen LogP contribution >= 0.6 is 0 Å². The van der Waals surface area contributed by atoms with Gasteiger partial charge in [0.25, 0.3) is 0 Å². The summed E-state index contributed by atoms with van der Waals surface area (Å²) in [5.41, 5.74) is 0. The average Bonchev–Trinajstić information content (AvgIpc) is 3.40. The predicted molar refractivity (Wildman–Crippen MR) is 314 cm³/mol. The van der Waals surface area contributed by atoms with Gasteiger partial charge < -0.3 is 35.0 Å². The van der Waals surface area contributed by atoms with Gasteiger partial charge in [-0.1, -0.05) is 301 Å². The molecule has 5 N–H and O–H groups in total. The molecule has 1 rings (SSSR count). The van der Waals surface area contributed by atoms with Crippen molar-refractivity contribution in [2.45, 2.75) is 378 Å². The van der Waals surface area contributed by atoms with Crippen molar-refractivity contribution in [2.75, 3.05) is 6.61 Å². The average molecular weight is 1050 g/mol. The van der Waals surface area contributed by atoms with E-state index in [2.05, 4.69) is 38.2 Å². The molecule has 7 atom stereocenters. The highest BCUT2D eigenvalue weighted by atomic mass is 16.6. The fraction of sp³-hybridized carbons (Fsp3) is 0.924. The largest absolute Gasteiger partial charge is 0.463 e. The third-order valence-corrected chi connectivity index (χ3v) is 16.1. The van der Waals surface area contributed by atoms with Crippen LogP contribution in [0.4, 0.5) is 0 Å². The molecule has 1 fully saturated rings. The number of aliphatic hydroxyl groups excluding tert-OH is 5. The number of unbranched alkanes of at least 4 members (excludes halogenated alkanes) is 45. The predicted octanol–water partition coefficient (Wildman–Crippen LogP) is 18.4. The zero-order chi connectivity index (χ0) is 53.6. The Balaban J connectivity index is 1.86. The van der Waals surface area contributed by atoms with E-state index in [0.29, 0.717) is 12.8 Å². The summed E-state index contributed by atoms with van der Waals surface area (Å²) >= 11 is 0. The van der Waals surface area contributed by atoms with E-state index in [0.717, 1.165) is 38.5 Å². The molecule has 1 heterocycles. The standard InChI is InChI=1S/C66H126O8/c1-3-5-7-9-11-12-13-14-15-16-17-18-19-20-21-22-23-24-25-26-27-28-29-30-31-32-33-34-35-36-37-38-39-40-41-42-43-44-45-46-47-48-49-50-51-53-55-57-60(67)59(56-54-52-10-8-6-4-2)65(71)73-58-61-62(68)63(69)64(70)66(72)74-61/h24-25,34-35,59-64,66-70,72H,3-23,26-33,36-58H2,1-2H3/t59-,60-,61+,62-,63+,64-,66-/m1/s1. The maximum Gasteiger partial charge on any atom is 0.311 e. The fourth-order valence-electron chi connectivity index (χ4n) is 10.9. The second-order valence-corrected chi connectivity index (χ2v) is 23.2. The van der Waals surface area contributed by atoms with Gasteiger partial charge in [0.2, 0.25) is 0 Å². The van der Waals surface area contributed by atoms with Crippen molar-refractivity contribution in [1.82, 2.24) is 0 Å². The molecule has 0 bridgehead atoms. The van der Waals surface area contributed by atoms with Crippen LogP contribution in [0.5, 0.6) is 0 Å². The maximum atomic E-state index is 13.1. The van der Waals surface area contributed by atoms with Gasteiger partial charge in [0, 0.05) is 0 Å². The van der Waals surface area contributed by atoms with Gasteiger partial charge in [-0.2, -0.15) is 0 Å². The highest BCUT2D eigenvalue weighted by molar-refractivity contribution is 5.73. The molecule has 0 spiro atoms. The van der Waals surface area contributed by atoms with Gasteiger partial charge in [-0.05, 0) is 64.2 Å². The molecule has 438 valence electrons. The van der Waals surface area contributed by atoms with Gasteiger partial charge in [0.1, 0.15) is 31.0 Å². The first kappa shape index (κ1) is 70.7. The van der Waals surface area contributed by atoms with Crippen LogP contribution < -0.4 is 0 Å². The zero-order valence-corrected chi connectivity index (χ0v) is 49.1. The number of rotatable bonds is 57. The van der Waals surface area contributed by atoms with E-state index in [1.807, 2.05) is 0 Å². The first-order valence-corrected chi connectivity index (χ1v) is 32.9. The molecule has 1 aliphatic rings. The third-order valence-electron chi connectivity index (χ3n) is 16.1. The number of hydrogen-bond acceptors (Lipinski definition) is 8. The lowest BCUT2D eigenvalue weighted by Crippen LogP contribution is -2.58. The Morgan fingerprint density at radius 2 is 0.649 bits per heavy atom. The summed E-state index contributed by atoms with van der Waals surface area (Å²) in [5.74, 6) is -1.22. The summed E-state index contributed by atoms with van der Waals surface area (Å²) in [6, 6.07) is 0. The number of allylic oxidation sites excluding steroid dienone is 4. The van der Waals surface area contributed by atoms with E-state index in [9.17, 15) is 30.3 Å². The van der Waals surface area contributed by atoms with Crippen molar-refractivity contribution in [2.24, 2.45) is 5.92 Å². The first-order valence-electron chi connectivity index (χ1n) is 32.9. The molecule has 1 aliphatic heterocycles. The Kier molecular flexibility index (Phi) is 52.6. The molecule has 74 heavy (non-hydrogen) atoms. The maximum absolute atomic E-state index is 13.1. The van der Waals surface area contributed by atoms with Crippen LogP contribution in [0, 0.1) is 5.92 Å². The molecule has 1 saturated heterocycles. The number of ether oxygens (including phenoxy) is 2. The quantitative estimate of drug-likeness (QED) is 0.0231. The molecule has 0 aromatic heterocycles. The molecule has 8 heteroatoms. The Morgan fingerprint density at radius 1 is 0.378 bits per heavy atom. The van der Waals surface area contributed by atoms with Crippen molar-refractivity contribution >= 4 is 5.97 Å². The highest BCUT2D eigenvalue weighted by Crippen LogP contribution is 2.25. The molecule has 0 amide bonds. The van der Waals surface area contributed by atoms with Crippen LogP contribution in [0.1, 0.15) is 341 Å². The molecule has 0 aromatic carbocycles. The lowest BCUT2D eigenvalue weighted by atomic mass is 9.91. The van der Waals surface area contributed by atoms with Gasteiger partial charge in [0.05, 0.1) is 12.0 Å². The van der Waals surface area contributed by atoms with Crippen LogP contribution in [0.3, 0.4) is 0 Å². The smallest absolute Gasteiger partial charge is 0.311 e. The lowest BCUT2D eigenvalue weighted by molar-refractivity contribution is -0.287. The van der Waals surface area contributed by atoms with Crippen LogP contribution in [0.15, 0.2) is 24.3 Å². The summed E-state index contributed by atoms with van der Waals surface area (Å²) in [5, 5.41) is 50.9. The van der Waals surface area contributed by atoms with Crippen molar-refractivity contribution in [3.63, 3.8) is 0 Å². The minimum Gasteiger partial charge on any atom is -0.463 e. The summed E-state index contributed by atoms with van der Waals surface area (Å²) in [6.07, 6.45) is 67.5. The van der Waals surface area contributed by atoms with E-state index in [1.165, 1.54) is 276 Å². The summed E-state index contributed by atoms with van der Waals surface area (Å²) in [7, 11) is 0. The lowest BCUT2D eigenvalue weighted by Gasteiger charge is -2.38. The normalized spacial score (nSPS) is 19.0. The van der Waals surface area contributed by atoms with Crippen LogP contribution in [-0.2, 0) is 14.3 Å². The van der Waals surface area contributed by atoms with Crippen LogP contribution in [-0.4, -0.2) is 74.9 Å². The zero-order valence-electron chi connectivity index (χ0n) is 49.1. The summed E-state index contributed by atoms with van der Waals surface area (Å²) in [4.78, 5) is 13.1. The first-order chi connectivity index (χ1) is 36.3. The monoisotopic (exact) mass is 1050 g/mol. The summed E-state index contributed by atoms with van der Waals surface area (Å²) in [6.45, 7) is 4.11. The number of carbonyl (C=O) groups is 1. The number of carbonyl (C=O) groups excluding carboxylic acids is 1. The second-order valence-electron chi connectivity index (χ2n) is 23.2. The van der Waals surface area contributed by atoms with Crippen LogP contribution in [0.2, 0.25) is 0 Å². The van der Waals surface area contributed by atoms with Crippen LogP contribution in [0.25, 0.3) is 0 Å². The SMILES string of the molecule is CCCCCCCCCCCCCCCCCCC=CCCCCCCCCC=CCCCCCCCCCCCCCCCCCCC[C@@H](O)[C@@H](CCCCCCCC)C(=O)OC[C@@H]1O[C@@H](O)[C@H](O)[C@@H](O)[C@@H]1O. The molecular weight excluding hydrogens is 921 g/mol. The molecule has 0 saturated carbocycles. The molecule has 0 aliphatic carbocycles. The number of aliphatic hydroxyl groups is 5. The molecule has 8 nitrogen and oxygen atoms in total. The molecule has 0 unspecified atom stereocenters. The number of hydrogen-bond donors (Lipinski definition) is 5. The van der Waals surface area contributed by atoms with Crippen molar-refractivity contribution in [1.29, 1.82) is 0 Å². The van der Waals surface area contributed by atoms with E-state index in [4.69, 9.17) is 9.47 Å². The van der Waals surface area contributed by atoms with Gasteiger partial charge in [-0.25, -0.2) is 0 Å². The van der Waals surface area contributed by atoms with Gasteiger partial charge in [-0.3, -0.25) is 4.79 Å². The van der Waals surface area contributed by atoms with Gasteiger partial charge in [0.15, 0.2) is 6.29 Å².